The minimum Gasteiger partial charge on any atom is -0.469 e. The van der Waals surface area contributed by atoms with Crippen molar-refractivity contribution in [3.8, 4) is 0 Å². The first-order valence-corrected chi connectivity index (χ1v) is 4.69. The molecule has 0 aromatic carbocycles. The van der Waals surface area contributed by atoms with Crippen LogP contribution in [0.25, 0.3) is 0 Å². The molecule has 7 nitrogen and oxygen atoms in total. The summed E-state index contributed by atoms with van der Waals surface area (Å²) in [5.74, 6) is -1.11. The number of rotatable bonds is 5. The fourth-order valence-corrected chi connectivity index (χ4v) is 0.812. The molecule has 0 amide bonds. The van der Waals surface area contributed by atoms with Crippen LogP contribution in [0.15, 0.2) is 5.10 Å². The first-order valence-electron chi connectivity index (χ1n) is 4.28. The topological polar surface area (TPSA) is 103 Å². The van der Waals surface area contributed by atoms with E-state index in [-0.39, 0.29) is 23.7 Å². The molecule has 8 heteroatoms. The molecular formula is C8H13N3O4S. The Morgan fingerprint density at radius 1 is 1.31 bits per heavy atom. The highest BCUT2D eigenvalue weighted by molar-refractivity contribution is 7.80. The smallest absolute Gasteiger partial charge is 0.354 e. The van der Waals surface area contributed by atoms with Crippen molar-refractivity contribution in [2.24, 2.45) is 10.8 Å². The Bertz CT molecular complexity index is 316. The van der Waals surface area contributed by atoms with Crippen molar-refractivity contribution in [1.29, 1.82) is 0 Å². The van der Waals surface area contributed by atoms with Crippen molar-refractivity contribution in [2.45, 2.75) is 12.8 Å². The van der Waals surface area contributed by atoms with E-state index in [1.165, 1.54) is 14.2 Å². The van der Waals surface area contributed by atoms with E-state index in [1.54, 1.807) is 0 Å². The lowest BCUT2D eigenvalue weighted by Crippen LogP contribution is -2.28. The number of hydrazone groups is 1. The second kappa shape index (κ2) is 7.57. The lowest BCUT2D eigenvalue weighted by molar-refractivity contribution is -0.140. The SMILES string of the molecule is COC(=O)CC/C(=N\NC(N)=S)C(=O)OC. The number of nitrogens with one attached hydrogen (secondary N) is 1. The van der Waals surface area contributed by atoms with Gasteiger partial charge in [0.05, 0.1) is 20.6 Å². The van der Waals surface area contributed by atoms with Crippen LogP contribution < -0.4 is 11.2 Å². The van der Waals surface area contributed by atoms with Gasteiger partial charge in [0.2, 0.25) is 0 Å². The molecule has 0 unspecified atom stereocenters. The third-order valence-electron chi connectivity index (χ3n) is 1.52. The number of hydrogen-bond donors (Lipinski definition) is 2. The second-order valence-corrected chi connectivity index (χ2v) is 3.04. The summed E-state index contributed by atoms with van der Waals surface area (Å²) in [5.41, 5.74) is 7.40. The van der Waals surface area contributed by atoms with Crippen molar-refractivity contribution in [3.05, 3.63) is 0 Å². The normalized spacial score (nSPS) is 10.5. The molecule has 0 radical (unpaired) electrons. The Morgan fingerprint density at radius 3 is 2.38 bits per heavy atom. The van der Waals surface area contributed by atoms with Gasteiger partial charge in [-0.2, -0.15) is 5.10 Å². The van der Waals surface area contributed by atoms with Crippen molar-refractivity contribution >= 4 is 35.0 Å². The van der Waals surface area contributed by atoms with Crippen molar-refractivity contribution < 1.29 is 19.1 Å². The Labute approximate surface area is 98.0 Å². The molecule has 0 aromatic heterocycles. The maximum atomic E-state index is 11.2. The molecule has 0 fully saturated rings. The van der Waals surface area contributed by atoms with Crippen LogP contribution in [0.4, 0.5) is 0 Å². The summed E-state index contributed by atoms with van der Waals surface area (Å²) in [7, 11) is 2.46. The van der Waals surface area contributed by atoms with E-state index in [9.17, 15) is 9.59 Å². The van der Waals surface area contributed by atoms with Crippen molar-refractivity contribution in [2.75, 3.05) is 14.2 Å². The lowest BCUT2D eigenvalue weighted by atomic mass is 10.2. The van der Waals surface area contributed by atoms with E-state index in [1.807, 2.05) is 0 Å². The second-order valence-electron chi connectivity index (χ2n) is 2.60. The minimum atomic E-state index is -0.660. The molecule has 16 heavy (non-hydrogen) atoms. The Morgan fingerprint density at radius 2 is 1.94 bits per heavy atom. The number of methoxy groups -OCH3 is 2. The van der Waals surface area contributed by atoms with Crippen LogP contribution in [0.2, 0.25) is 0 Å². The fourth-order valence-electron chi connectivity index (χ4n) is 0.767. The molecule has 0 aliphatic heterocycles. The van der Waals surface area contributed by atoms with Gasteiger partial charge < -0.3 is 15.2 Å². The lowest BCUT2D eigenvalue weighted by Gasteiger charge is -2.04. The van der Waals surface area contributed by atoms with Crippen molar-refractivity contribution in [3.63, 3.8) is 0 Å². The summed E-state index contributed by atoms with van der Waals surface area (Å²) in [6.45, 7) is 0. The van der Waals surface area contributed by atoms with Crippen LogP contribution in [-0.4, -0.2) is 37.0 Å². The third kappa shape index (κ3) is 5.91. The Kier molecular flexibility index (Phi) is 6.77. The van der Waals surface area contributed by atoms with E-state index in [4.69, 9.17) is 5.73 Å². The van der Waals surface area contributed by atoms with E-state index >= 15 is 0 Å². The first kappa shape index (κ1) is 14.3. The highest BCUT2D eigenvalue weighted by Crippen LogP contribution is 1.97. The number of carbonyl (C=O) groups excluding carboxylic acids is 2. The maximum Gasteiger partial charge on any atom is 0.354 e. The van der Waals surface area contributed by atoms with Gasteiger partial charge in [-0.3, -0.25) is 10.2 Å². The van der Waals surface area contributed by atoms with E-state index < -0.39 is 11.9 Å². The van der Waals surface area contributed by atoms with Gasteiger partial charge in [0, 0.05) is 6.42 Å². The average Bonchev–Trinajstić information content (AvgIpc) is 2.27. The zero-order chi connectivity index (χ0) is 12.6. The number of hydrogen-bond acceptors (Lipinski definition) is 6. The van der Waals surface area contributed by atoms with Crippen LogP contribution in [0.3, 0.4) is 0 Å². The van der Waals surface area contributed by atoms with Gasteiger partial charge in [-0.15, -0.1) is 0 Å². The highest BCUT2D eigenvalue weighted by Gasteiger charge is 2.14. The molecule has 0 aliphatic rings. The van der Waals surface area contributed by atoms with Gasteiger partial charge >= 0.3 is 11.9 Å². The molecule has 0 bridgehead atoms. The molecule has 0 saturated heterocycles. The molecule has 90 valence electrons. The summed E-state index contributed by atoms with van der Waals surface area (Å²) in [4.78, 5) is 22.1. The predicted molar refractivity (Wildman–Crippen MR) is 60.6 cm³/mol. The van der Waals surface area contributed by atoms with Gasteiger partial charge in [0.25, 0.3) is 0 Å². The van der Waals surface area contributed by atoms with Gasteiger partial charge in [-0.25, -0.2) is 4.79 Å². The van der Waals surface area contributed by atoms with Gasteiger partial charge in [0.1, 0.15) is 5.71 Å². The number of esters is 2. The molecule has 0 saturated carbocycles. The molecule has 0 atom stereocenters. The van der Waals surface area contributed by atoms with Gasteiger partial charge in [0.15, 0.2) is 5.11 Å². The molecule has 0 heterocycles. The number of nitrogens with zero attached hydrogens (tertiary/aromatic N) is 1. The minimum absolute atomic E-state index is 0.0145. The van der Waals surface area contributed by atoms with E-state index in [0.717, 1.165) is 0 Å². The van der Waals surface area contributed by atoms with Crippen LogP contribution >= 0.6 is 12.2 Å². The number of nitrogens with two attached hydrogens (primary N) is 1. The highest BCUT2D eigenvalue weighted by atomic mass is 32.1. The summed E-state index contributed by atoms with van der Waals surface area (Å²) in [6.07, 6.45) is 0.0956. The molecule has 0 aliphatic carbocycles. The molecule has 0 spiro atoms. The zero-order valence-corrected chi connectivity index (χ0v) is 9.80. The van der Waals surface area contributed by atoms with Crippen LogP contribution in [-0.2, 0) is 19.1 Å². The summed E-state index contributed by atoms with van der Waals surface area (Å²) >= 11 is 4.51. The fraction of sp³-hybridized carbons (Fsp3) is 0.500. The molecule has 0 aromatic rings. The summed E-state index contributed by atoms with van der Waals surface area (Å²) < 4.78 is 8.89. The van der Waals surface area contributed by atoms with Crippen LogP contribution in [0, 0.1) is 0 Å². The average molecular weight is 247 g/mol. The first-order chi connectivity index (χ1) is 7.51. The Balaban J connectivity index is 4.43. The number of ether oxygens (including phenoxy) is 2. The zero-order valence-electron chi connectivity index (χ0n) is 8.98. The monoisotopic (exact) mass is 247 g/mol. The van der Waals surface area contributed by atoms with Crippen LogP contribution in [0.5, 0.6) is 0 Å². The maximum absolute atomic E-state index is 11.2. The molecule has 0 rings (SSSR count). The largest absolute Gasteiger partial charge is 0.469 e. The Hall–Kier alpha value is -1.70. The van der Waals surface area contributed by atoms with E-state index in [0.29, 0.717) is 0 Å². The summed E-state index contributed by atoms with van der Waals surface area (Å²) in [5, 5.41) is 3.53. The third-order valence-corrected chi connectivity index (χ3v) is 1.61. The predicted octanol–water partition coefficient (Wildman–Crippen LogP) is -0.698. The van der Waals surface area contributed by atoms with Crippen LogP contribution in [0.1, 0.15) is 12.8 Å². The van der Waals surface area contributed by atoms with Gasteiger partial charge in [-0.05, 0) is 12.2 Å². The molecular weight excluding hydrogens is 234 g/mol. The quantitative estimate of drug-likeness (QED) is 0.286. The van der Waals surface area contributed by atoms with Gasteiger partial charge in [-0.1, -0.05) is 0 Å². The molecule has 3 N–H and O–H groups in total. The standard InChI is InChI=1S/C8H13N3O4S/c1-14-6(12)4-3-5(7(13)15-2)10-11-8(9)16/h3-4H2,1-2H3,(H3,9,11,16)/b10-5+. The van der Waals surface area contributed by atoms with E-state index in [2.05, 4.69) is 32.2 Å². The number of thiocarbonyl (C=S) groups is 1. The van der Waals surface area contributed by atoms with Crippen molar-refractivity contribution in [1.82, 2.24) is 5.43 Å². The number of carbonyl (C=O) groups is 2. The summed E-state index contributed by atoms with van der Waals surface area (Å²) in [6, 6.07) is 0.